The van der Waals surface area contributed by atoms with Crippen molar-refractivity contribution in [2.45, 2.75) is 31.8 Å². The SMILES string of the molecule is CCOC(=O)c1ccc(NC(=O)C(=O)N/N=C/c2ccc(CN(Cc3ccccc3)S(=O)(=O)c3ccc(C)cc3)o2)cc1. The normalized spacial score (nSPS) is 11.4. The second-order valence-corrected chi connectivity index (χ2v) is 11.3. The molecule has 11 nitrogen and oxygen atoms in total. The van der Waals surface area contributed by atoms with E-state index < -0.39 is 27.8 Å². The van der Waals surface area contributed by atoms with Gasteiger partial charge in [0.25, 0.3) is 0 Å². The maximum absolute atomic E-state index is 13.5. The fraction of sp³-hybridized carbons (Fsp3) is 0.161. The average Bonchev–Trinajstić information content (AvgIpc) is 3.45. The van der Waals surface area contributed by atoms with Crippen LogP contribution in [0.2, 0.25) is 0 Å². The molecular formula is C31H30N4O7S. The summed E-state index contributed by atoms with van der Waals surface area (Å²) < 4.78 is 39.0. The predicted octanol–water partition coefficient (Wildman–Crippen LogP) is 4.24. The van der Waals surface area contributed by atoms with Crippen LogP contribution in [-0.4, -0.2) is 43.3 Å². The molecule has 222 valence electrons. The first-order chi connectivity index (χ1) is 20.7. The Morgan fingerprint density at radius 1 is 0.884 bits per heavy atom. The van der Waals surface area contributed by atoms with E-state index >= 15 is 0 Å². The van der Waals surface area contributed by atoms with Crippen LogP contribution in [0.5, 0.6) is 0 Å². The van der Waals surface area contributed by atoms with Gasteiger partial charge in [-0.1, -0.05) is 48.0 Å². The number of furan rings is 1. The zero-order chi connectivity index (χ0) is 30.8. The van der Waals surface area contributed by atoms with Gasteiger partial charge in [-0.15, -0.1) is 0 Å². The number of hydrazone groups is 1. The Morgan fingerprint density at radius 3 is 2.26 bits per heavy atom. The average molecular weight is 603 g/mol. The molecule has 4 aromatic rings. The summed E-state index contributed by atoms with van der Waals surface area (Å²) >= 11 is 0. The van der Waals surface area contributed by atoms with Gasteiger partial charge in [0.05, 0.1) is 29.8 Å². The summed E-state index contributed by atoms with van der Waals surface area (Å²) in [5.41, 5.74) is 4.47. The molecule has 0 atom stereocenters. The Kier molecular flexibility index (Phi) is 10.2. The number of nitrogens with one attached hydrogen (secondary N) is 2. The molecule has 1 aromatic heterocycles. The highest BCUT2D eigenvalue weighted by atomic mass is 32.2. The van der Waals surface area contributed by atoms with Crippen molar-refractivity contribution in [3.05, 3.63) is 119 Å². The number of ether oxygens (including phenoxy) is 1. The number of benzene rings is 3. The van der Waals surface area contributed by atoms with E-state index in [-0.39, 0.29) is 30.4 Å². The van der Waals surface area contributed by atoms with E-state index in [0.29, 0.717) is 17.0 Å². The van der Waals surface area contributed by atoms with Crippen molar-refractivity contribution in [3.63, 3.8) is 0 Å². The topological polar surface area (TPSA) is 147 Å². The molecule has 0 saturated heterocycles. The standard InChI is InChI=1S/C31H30N4O7S/c1-3-41-31(38)24-11-13-25(14-12-24)33-29(36)30(37)34-32-19-26-15-16-27(42-26)21-35(20-23-7-5-4-6-8-23)43(39,40)28-17-9-22(2)10-18-28/h4-19H,3,20-21H2,1-2H3,(H,33,36)(H,34,37)/b32-19+. The van der Waals surface area contributed by atoms with E-state index in [2.05, 4.69) is 15.8 Å². The van der Waals surface area contributed by atoms with Crippen LogP contribution in [0.1, 0.15) is 39.9 Å². The fourth-order valence-corrected chi connectivity index (χ4v) is 5.29. The van der Waals surface area contributed by atoms with E-state index in [1.807, 2.05) is 37.3 Å². The highest BCUT2D eigenvalue weighted by Crippen LogP contribution is 2.22. The van der Waals surface area contributed by atoms with Gasteiger partial charge >= 0.3 is 17.8 Å². The van der Waals surface area contributed by atoms with Crippen molar-refractivity contribution in [3.8, 4) is 0 Å². The van der Waals surface area contributed by atoms with Crippen LogP contribution in [0, 0.1) is 6.92 Å². The maximum Gasteiger partial charge on any atom is 0.338 e. The summed E-state index contributed by atoms with van der Waals surface area (Å²) in [5, 5.41) is 6.16. The lowest BCUT2D eigenvalue weighted by molar-refractivity contribution is -0.136. The van der Waals surface area contributed by atoms with Crippen LogP contribution in [0.15, 0.2) is 105 Å². The maximum atomic E-state index is 13.5. The summed E-state index contributed by atoms with van der Waals surface area (Å²) in [7, 11) is -3.86. The van der Waals surface area contributed by atoms with Crippen molar-refractivity contribution < 1.29 is 32.0 Å². The molecule has 0 radical (unpaired) electrons. The van der Waals surface area contributed by atoms with Crippen LogP contribution < -0.4 is 10.7 Å². The van der Waals surface area contributed by atoms with Crippen molar-refractivity contribution in [2.24, 2.45) is 5.10 Å². The summed E-state index contributed by atoms with van der Waals surface area (Å²) in [4.78, 5) is 36.3. The van der Waals surface area contributed by atoms with Gasteiger partial charge in [0, 0.05) is 12.2 Å². The van der Waals surface area contributed by atoms with Crippen molar-refractivity contribution >= 4 is 39.7 Å². The summed E-state index contributed by atoms with van der Waals surface area (Å²) in [5.74, 6) is -1.92. The molecule has 0 aliphatic carbocycles. The first-order valence-electron chi connectivity index (χ1n) is 13.3. The van der Waals surface area contributed by atoms with Crippen LogP contribution in [0.4, 0.5) is 5.69 Å². The second kappa shape index (κ2) is 14.2. The molecule has 0 saturated carbocycles. The zero-order valence-electron chi connectivity index (χ0n) is 23.5. The van der Waals surface area contributed by atoms with Gasteiger partial charge in [0.15, 0.2) is 0 Å². The molecule has 0 fully saturated rings. The molecule has 4 rings (SSSR count). The molecular weight excluding hydrogens is 572 g/mol. The largest absolute Gasteiger partial charge is 0.462 e. The number of anilines is 1. The lowest BCUT2D eigenvalue weighted by Crippen LogP contribution is -2.32. The quantitative estimate of drug-likeness (QED) is 0.113. The lowest BCUT2D eigenvalue weighted by Gasteiger charge is -2.21. The molecule has 0 aliphatic rings. The molecule has 0 bridgehead atoms. The fourth-order valence-electron chi connectivity index (χ4n) is 3.89. The number of nitrogens with zero attached hydrogens (tertiary/aromatic N) is 2. The Hall–Kier alpha value is -5.07. The minimum atomic E-state index is -3.86. The van der Waals surface area contributed by atoms with E-state index in [1.165, 1.54) is 34.8 Å². The predicted molar refractivity (Wildman–Crippen MR) is 160 cm³/mol. The first-order valence-corrected chi connectivity index (χ1v) is 14.7. The van der Waals surface area contributed by atoms with Crippen LogP contribution in [-0.2, 0) is 37.4 Å². The zero-order valence-corrected chi connectivity index (χ0v) is 24.3. The Morgan fingerprint density at radius 2 is 1.58 bits per heavy atom. The van der Waals surface area contributed by atoms with Crippen molar-refractivity contribution in [1.29, 1.82) is 0 Å². The van der Waals surface area contributed by atoms with E-state index in [0.717, 1.165) is 11.1 Å². The van der Waals surface area contributed by atoms with Crippen LogP contribution >= 0.6 is 0 Å². The van der Waals surface area contributed by atoms with Gasteiger partial charge in [-0.25, -0.2) is 18.6 Å². The number of aryl methyl sites for hydroxylation is 1. The number of amides is 2. The van der Waals surface area contributed by atoms with Gasteiger partial charge < -0.3 is 14.5 Å². The molecule has 0 spiro atoms. The van der Waals surface area contributed by atoms with Gasteiger partial charge in [-0.05, 0) is 67.9 Å². The number of sulfonamides is 1. The number of hydrogen-bond acceptors (Lipinski definition) is 8. The monoisotopic (exact) mass is 602 g/mol. The first kappa shape index (κ1) is 30.9. The molecule has 3 aromatic carbocycles. The molecule has 43 heavy (non-hydrogen) atoms. The minimum absolute atomic E-state index is 0.0529. The van der Waals surface area contributed by atoms with E-state index in [9.17, 15) is 22.8 Å². The number of rotatable bonds is 11. The minimum Gasteiger partial charge on any atom is -0.462 e. The summed E-state index contributed by atoms with van der Waals surface area (Å²) in [6.45, 7) is 3.88. The van der Waals surface area contributed by atoms with Crippen LogP contribution in [0.25, 0.3) is 0 Å². The molecule has 12 heteroatoms. The number of esters is 1. The number of hydrogen-bond donors (Lipinski definition) is 2. The van der Waals surface area contributed by atoms with Gasteiger partial charge in [-0.2, -0.15) is 9.41 Å². The smallest absolute Gasteiger partial charge is 0.338 e. The summed E-state index contributed by atoms with van der Waals surface area (Å²) in [6, 6.07) is 24.9. The third kappa shape index (κ3) is 8.47. The van der Waals surface area contributed by atoms with E-state index in [4.69, 9.17) is 9.15 Å². The van der Waals surface area contributed by atoms with Crippen LogP contribution in [0.3, 0.4) is 0 Å². The van der Waals surface area contributed by atoms with Gasteiger partial charge in [0.1, 0.15) is 11.5 Å². The molecule has 0 aliphatic heterocycles. The van der Waals surface area contributed by atoms with E-state index in [1.54, 1.807) is 43.3 Å². The Balaban J connectivity index is 1.38. The van der Waals surface area contributed by atoms with Gasteiger partial charge in [-0.3, -0.25) is 9.59 Å². The Bertz CT molecular complexity index is 1700. The Labute approximate surface area is 249 Å². The molecule has 0 unspecified atom stereocenters. The number of carbonyl (C=O) groups is 3. The highest BCUT2D eigenvalue weighted by Gasteiger charge is 2.26. The molecule has 1 heterocycles. The highest BCUT2D eigenvalue weighted by molar-refractivity contribution is 7.89. The van der Waals surface area contributed by atoms with Crippen molar-refractivity contribution in [1.82, 2.24) is 9.73 Å². The van der Waals surface area contributed by atoms with Crippen molar-refractivity contribution in [2.75, 3.05) is 11.9 Å². The summed E-state index contributed by atoms with van der Waals surface area (Å²) in [6.07, 6.45) is 1.19. The second-order valence-electron chi connectivity index (χ2n) is 9.33. The lowest BCUT2D eigenvalue weighted by atomic mass is 10.2. The van der Waals surface area contributed by atoms with Gasteiger partial charge in [0.2, 0.25) is 10.0 Å². The number of carbonyl (C=O) groups excluding carboxylic acids is 3. The molecule has 2 amide bonds. The third-order valence-electron chi connectivity index (χ3n) is 6.09. The third-order valence-corrected chi connectivity index (χ3v) is 7.90. The molecule has 2 N–H and O–H groups in total.